The standard InChI is InChI=1S/C21H19F4N3O/c22-15-5-3-13(4-6-15)10-20(29)28-9-1-2-14(12-28)17-11-18-16(26-17)7-8-19(27-18)21(23,24)25/h3-8,11,14,26H,1-2,9-10,12H2. The van der Waals surface area contributed by atoms with Gasteiger partial charge in [0.25, 0.3) is 0 Å². The quantitative estimate of drug-likeness (QED) is 0.644. The van der Waals surface area contributed by atoms with E-state index in [1.54, 1.807) is 23.1 Å². The van der Waals surface area contributed by atoms with Crippen LogP contribution in [0.15, 0.2) is 42.5 Å². The van der Waals surface area contributed by atoms with Crippen LogP contribution in [-0.2, 0) is 17.4 Å². The van der Waals surface area contributed by atoms with Crippen molar-refractivity contribution in [3.8, 4) is 0 Å². The minimum Gasteiger partial charge on any atom is -0.357 e. The number of fused-ring (bicyclic) bond motifs is 1. The zero-order chi connectivity index (χ0) is 20.6. The molecule has 4 rings (SSSR count). The number of benzene rings is 1. The molecule has 1 aromatic carbocycles. The average molecular weight is 405 g/mol. The Balaban J connectivity index is 1.49. The van der Waals surface area contributed by atoms with Crippen molar-refractivity contribution < 1.29 is 22.4 Å². The van der Waals surface area contributed by atoms with E-state index >= 15 is 0 Å². The fourth-order valence-corrected chi connectivity index (χ4v) is 3.75. The maximum absolute atomic E-state index is 13.0. The topological polar surface area (TPSA) is 49.0 Å². The highest BCUT2D eigenvalue weighted by atomic mass is 19.4. The van der Waals surface area contributed by atoms with Gasteiger partial charge in [0.1, 0.15) is 11.5 Å². The number of aromatic nitrogens is 2. The van der Waals surface area contributed by atoms with E-state index in [9.17, 15) is 22.4 Å². The Morgan fingerprint density at radius 3 is 2.66 bits per heavy atom. The number of hydrogen-bond donors (Lipinski definition) is 1. The largest absolute Gasteiger partial charge is 0.433 e. The molecule has 3 aromatic rings. The number of carbonyl (C=O) groups is 1. The van der Waals surface area contributed by atoms with Crippen molar-refractivity contribution in [2.24, 2.45) is 0 Å². The van der Waals surface area contributed by atoms with Gasteiger partial charge in [-0.05, 0) is 48.7 Å². The molecule has 1 fully saturated rings. The SMILES string of the molecule is O=C(Cc1ccc(F)cc1)N1CCCC(c2cc3nc(C(F)(F)F)ccc3[nH]2)C1. The lowest BCUT2D eigenvalue weighted by Crippen LogP contribution is -2.40. The molecule has 1 N–H and O–H groups in total. The number of piperidine rings is 1. The molecule has 29 heavy (non-hydrogen) atoms. The second-order valence-electron chi connectivity index (χ2n) is 7.33. The van der Waals surface area contributed by atoms with Crippen molar-refractivity contribution in [1.82, 2.24) is 14.9 Å². The van der Waals surface area contributed by atoms with E-state index in [1.165, 1.54) is 18.2 Å². The van der Waals surface area contributed by atoms with Gasteiger partial charge in [-0.2, -0.15) is 13.2 Å². The third-order valence-corrected chi connectivity index (χ3v) is 5.27. The van der Waals surface area contributed by atoms with Gasteiger partial charge in [0.15, 0.2) is 0 Å². The Kier molecular flexibility index (Phi) is 5.02. The fourth-order valence-electron chi connectivity index (χ4n) is 3.75. The van der Waals surface area contributed by atoms with E-state index in [0.29, 0.717) is 18.6 Å². The molecule has 0 saturated carbocycles. The summed E-state index contributed by atoms with van der Waals surface area (Å²) in [6, 6.07) is 9.83. The van der Waals surface area contributed by atoms with Crippen LogP contribution in [0, 0.1) is 5.82 Å². The summed E-state index contributed by atoms with van der Waals surface area (Å²) in [5.74, 6) is -0.389. The van der Waals surface area contributed by atoms with Crippen LogP contribution in [0.5, 0.6) is 0 Å². The lowest BCUT2D eigenvalue weighted by Gasteiger charge is -2.32. The number of carbonyl (C=O) groups excluding carboxylic acids is 1. The molecule has 0 spiro atoms. The van der Waals surface area contributed by atoms with Crippen molar-refractivity contribution in [2.75, 3.05) is 13.1 Å². The molecule has 1 saturated heterocycles. The second-order valence-corrected chi connectivity index (χ2v) is 7.33. The molecule has 1 amide bonds. The molecular formula is C21H19F4N3O. The van der Waals surface area contributed by atoms with Gasteiger partial charge < -0.3 is 9.88 Å². The highest BCUT2D eigenvalue weighted by molar-refractivity contribution is 5.79. The average Bonchev–Trinajstić information content (AvgIpc) is 3.12. The van der Waals surface area contributed by atoms with Gasteiger partial charge in [0.05, 0.1) is 17.5 Å². The van der Waals surface area contributed by atoms with Crippen molar-refractivity contribution in [2.45, 2.75) is 31.4 Å². The van der Waals surface area contributed by atoms with Crippen LogP contribution in [0.4, 0.5) is 17.6 Å². The summed E-state index contributed by atoms with van der Waals surface area (Å²) in [6.45, 7) is 1.12. The molecule has 152 valence electrons. The molecule has 1 aliphatic heterocycles. The monoisotopic (exact) mass is 405 g/mol. The van der Waals surface area contributed by atoms with Gasteiger partial charge in [0.2, 0.25) is 5.91 Å². The summed E-state index contributed by atoms with van der Waals surface area (Å²) in [6.07, 6.45) is -2.66. The van der Waals surface area contributed by atoms with Gasteiger partial charge in [0, 0.05) is 24.7 Å². The van der Waals surface area contributed by atoms with Gasteiger partial charge in [-0.25, -0.2) is 9.37 Å². The first-order valence-electron chi connectivity index (χ1n) is 9.39. The summed E-state index contributed by atoms with van der Waals surface area (Å²) in [7, 11) is 0. The van der Waals surface area contributed by atoms with Crippen molar-refractivity contribution in [3.63, 3.8) is 0 Å². The highest BCUT2D eigenvalue weighted by Crippen LogP contribution is 2.32. The number of alkyl halides is 3. The molecular weight excluding hydrogens is 386 g/mol. The molecule has 0 aliphatic carbocycles. The number of H-pyrrole nitrogens is 1. The number of pyridine rings is 1. The number of hydrogen-bond acceptors (Lipinski definition) is 2. The van der Waals surface area contributed by atoms with Gasteiger partial charge in [-0.1, -0.05) is 12.1 Å². The Morgan fingerprint density at radius 2 is 1.93 bits per heavy atom. The van der Waals surface area contributed by atoms with Crippen LogP contribution in [0.1, 0.15) is 35.7 Å². The normalized spacial score (nSPS) is 17.7. The molecule has 1 aliphatic rings. The van der Waals surface area contributed by atoms with Crippen LogP contribution in [0.3, 0.4) is 0 Å². The van der Waals surface area contributed by atoms with Crippen molar-refractivity contribution in [1.29, 1.82) is 0 Å². The molecule has 0 bridgehead atoms. The highest BCUT2D eigenvalue weighted by Gasteiger charge is 2.33. The smallest absolute Gasteiger partial charge is 0.357 e. The third-order valence-electron chi connectivity index (χ3n) is 5.27. The third kappa shape index (κ3) is 4.26. The number of aromatic amines is 1. The molecule has 1 unspecified atom stereocenters. The van der Waals surface area contributed by atoms with Crippen molar-refractivity contribution >= 4 is 16.9 Å². The van der Waals surface area contributed by atoms with Gasteiger partial charge in [-0.3, -0.25) is 4.79 Å². The van der Waals surface area contributed by atoms with Crippen LogP contribution < -0.4 is 0 Å². The predicted octanol–water partition coefficient (Wildman–Crippen LogP) is 4.67. The molecule has 0 radical (unpaired) electrons. The number of halogens is 4. The maximum Gasteiger partial charge on any atom is 0.433 e. The van der Waals surface area contributed by atoms with Crippen molar-refractivity contribution in [3.05, 3.63) is 65.2 Å². The van der Waals surface area contributed by atoms with Crippen LogP contribution in [-0.4, -0.2) is 33.9 Å². The fraction of sp³-hybridized carbons (Fsp3) is 0.333. The van der Waals surface area contributed by atoms with Crippen LogP contribution in [0.2, 0.25) is 0 Å². The second kappa shape index (κ2) is 7.50. The molecule has 8 heteroatoms. The van der Waals surface area contributed by atoms with Crippen LogP contribution in [0.25, 0.3) is 11.0 Å². The van der Waals surface area contributed by atoms with Crippen LogP contribution >= 0.6 is 0 Å². The summed E-state index contributed by atoms with van der Waals surface area (Å²) >= 11 is 0. The minimum atomic E-state index is -4.49. The first-order chi connectivity index (χ1) is 13.8. The number of rotatable bonds is 3. The maximum atomic E-state index is 13.0. The van der Waals surface area contributed by atoms with E-state index < -0.39 is 11.9 Å². The lowest BCUT2D eigenvalue weighted by molar-refractivity contribution is -0.141. The van der Waals surface area contributed by atoms with E-state index in [1.807, 2.05) is 0 Å². The summed E-state index contributed by atoms with van der Waals surface area (Å²) < 4.78 is 51.7. The Bertz CT molecular complexity index is 1030. The number of likely N-dealkylation sites (tertiary alicyclic amines) is 1. The molecule has 1 atom stereocenters. The zero-order valence-electron chi connectivity index (χ0n) is 15.5. The Hall–Kier alpha value is -2.90. The first kappa shape index (κ1) is 19.4. The number of nitrogens with one attached hydrogen (secondary N) is 1. The van der Waals surface area contributed by atoms with Gasteiger partial charge in [-0.15, -0.1) is 0 Å². The zero-order valence-corrected chi connectivity index (χ0v) is 15.5. The van der Waals surface area contributed by atoms with E-state index in [4.69, 9.17) is 0 Å². The number of amides is 1. The summed E-state index contributed by atoms with van der Waals surface area (Å²) in [5, 5.41) is 0. The minimum absolute atomic E-state index is 0.00412. The van der Waals surface area contributed by atoms with E-state index in [0.717, 1.165) is 30.2 Å². The lowest BCUT2D eigenvalue weighted by atomic mass is 9.94. The molecule has 2 aromatic heterocycles. The predicted molar refractivity (Wildman–Crippen MR) is 99.8 cm³/mol. The number of nitrogens with zero attached hydrogens (tertiary/aromatic N) is 2. The summed E-state index contributed by atoms with van der Waals surface area (Å²) in [4.78, 5) is 21.3. The van der Waals surface area contributed by atoms with Gasteiger partial charge >= 0.3 is 6.18 Å². The van der Waals surface area contributed by atoms with E-state index in [-0.39, 0.29) is 29.6 Å². The first-order valence-corrected chi connectivity index (χ1v) is 9.39. The van der Waals surface area contributed by atoms with E-state index in [2.05, 4.69) is 9.97 Å². The molecule has 3 heterocycles. The Labute approximate surface area is 164 Å². The molecule has 4 nitrogen and oxygen atoms in total. The Morgan fingerprint density at radius 1 is 1.17 bits per heavy atom. The summed E-state index contributed by atoms with van der Waals surface area (Å²) in [5.41, 5.74) is 1.42.